The van der Waals surface area contributed by atoms with Crippen molar-refractivity contribution in [1.29, 1.82) is 0 Å². The molecular formula is C19H30N2. The van der Waals surface area contributed by atoms with Crippen LogP contribution < -0.4 is 5.32 Å². The van der Waals surface area contributed by atoms with Crippen molar-refractivity contribution in [2.45, 2.75) is 57.5 Å². The van der Waals surface area contributed by atoms with Crippen LogP contribution in [-0.4, -0.2) is 30.6 Å². The van der Waals surface area contributed by atoms with Gasteiger partial charge in [-0.1, -0.05) is 49.6 Å². The maximum atomic E-state index is 3.76. The Balaban J connectivity index is 1.70. The van der Waals surface area contributed by atoms with Crippen LogP contribution in [0, 0.1) is 5.92 Å². The second-order valence-corrected chi connectivity index (χ2v) is 7.23. The van der Waals surface area contributed by atoms with Crippen LogP contribution in [0.2, 0.25) is 0 Å². The number of nitrogens with zero attached hydrogens (tertiary/aromatic N) is 1. The third-order valence-corrected chi connectivity index (χ3v) is 5.75. The van der Waals surface area contributed by atoms with Gasteiger partial charge in [0.2, 0.25) is 0 Å². The zero-order valence-corrected chi connectivity index (χ0v) is 13.6. The molecule has 0 radical (unpaired) electrons. The molecule has 21 heavy (non-hydrogen) atoms. The van der Waals surface area contributed by atoms with Gasteiger partial charge in [0.1, 0.15) is 0 Å². The Morgan fingerprint density at radius 1 is 1.14 bits per heavy atom. The lowest BCUT2D eigenvalue weighted by Gasteiger charge is -2.46. The summed E-state index contributed by atoms with van der Waals surface area (Å²) in [7, 11) is 0. The van der Waals surface area contributed by atoms with E-state index in [2.05, 4.69) is 54.4 Å². The fraction of sp³-hybridized carbons (Fsp3) is 0.684. The minimum absolute atomic E-state index is 0.0996. The Morgan fingerprint density at radius 3 is 2.57 bits per heavy atom. The van der Waals surface area contributed by atoms with Gasteiger partial charge in [0.25, 0.3) is 0 Å². The molecule has 2 nitrogen and oxygen atoms in total. The first kappa shape index (κ1) is 15.1. The van der Waals surface area contributed by atoms with Gasteiger partial charge < -0.3 is 5.32 Å². The first-order valence-corrected chi connectivity index (χ1v) is 8.74. The van der Waals surface area contributed by atoms with Gasteiger partial charge in [0, 0.05) is 25.7 Å². The van der Waals surface area contributed by atoms with Gasteiger partial charge in [-0.15, -0.1) is 0 Å². The van der Waals surface area contributed by atoms with Gasteiger partial charge in [-0.3, -0.25) is 4.90 Å². The van der Waals surface area contributed by atoms with Crippen molar-refractivity contribution in [2.24, 2.45) is 5.92 Å². The summed E-state index contributed by atoms with van der Waals surface area (Å²) in [6.45, 7) is 8.26. The van der Waals surface area contributed by atoms with E-state index in [0.29, 0.717) is 0 Å². The molecule has 1 saturated heterocycles. The third kappa shape index (κ3) is 3.32. The minimum Gasteiger partial charge on any atom is -0.305 e. The molecule has 2 aliphatic rings. The number of piperazine rings is 1. The third-order valence-electron chi connectivity index (χ3n) is 5.75. The second kappa shape index (κ2) is 6.50. The van der Waals surface area contributed by atoms with E-state index in [9.17, 15) is 0 Å². The number of nitrogens with one attached hydrogen (secondary N) is 1. The molecule has 116 valence electrons. The van der Waals surface area contributed by atoms with Gasteiger partial charge >= 0.3 is 0 Å². The molecule has 2 atom stereocenters. The van der Waals surface area contributed by atoms with Crippen LogP contribution in [0.5, 0.6) is 0 Å². The largest absolute Gasteiger partial charge is 0.305 e. The number of benzene rings is 1. The summed E-state index contributed by atoms with van der Waals surface area (Å²) < 4.78 is 0. The SMILES string of the molecule is CC(C1CCCCC1)N1CCNC(C)(c2ccccc2)C1. The highest BCUT2D eigenvalue weighted by atomic mass is 15.2. The molecule has 2 fully saturated rings. The first-order chi connectivity index (χ1) is 10.2. The van der Waals surface area contributed by atoms with Gasteiger partial charge in [0.05, 0.1) is 5.54 Å². The fourth-order valence-corrected chi connectivity index (χ4v) is 4.28. The molecule has 0 amide bonds. The Hall–Kier alpha value is -0.860. The summed E-state index contributed by atoms with van der Waals surface area (Å²) in [6.07, 6.45) is 7.21. The lowest BCUT2D eigenvalue weighted by molar-refractivity contribution is 0.0663. The monoisotopic (exact) mass is 286 g/mol. The highest BCUT2D eigenvalue weighted by molar-refractivity contribution is 5.25. The molecule has 1 aliphatic heterocycles. The quantitative estimate of drug-likeness (QED) is 0.910. The van der Waals surface area contributed by atoms with E-state index in [1.807, 2.05) is 0 Å². The summed E-state index contributed by atoms with van der Waals surface area (Å²) in [5.41, 5.74) is 1.52. The molecule has 1 N–H and O–H groups in total. The van der Waals surface area contributed by atoms with Crippen LogP contribution in [0.4, 0.5) is 0 Å². The van der Waals surface area contributed by atoms with Crippen molar-refractivity contribution in [3.63, 3.8) is 0 Å². The van der Waals surface area contributed by atoms with Gasteiger partial charge in [-0.25, -0.2) is 0 Å². The average molecular weight is 286 g/mol. The van der Waals surface area contributed by atoms with Crippen molar-refractivity contribution in [2.75, 3.05) is 19.6 Å². The number of hydrogen-bond acceptors (Lipinski definition) is 2. The normalized spacial score (nSPS) is 30.2. The summed E-state index contributed by atoms with van der Waals surface area (Å²) in [5.74, 6) is 0.914. The molecule has 0 bridgehead atoms. The van der Waals surface area contributed by atoms with Crippen molar-refractivity contribution < 1.29 is 0 Å². The number of hydrogen-bond donors (Lipinski definition) is 1. The van der Waals surface area contributed by atoms with Gasteiger partial charge in [0.15, 0.2) is 0 Å². The highest BCUT2D eigenvalue weighted by Crippen LogP contribution is 2.32. The first-order valence-electron chi connectivity index (χ1n) is 8.74. The molecule has 2 heteroatoms. The van der Waals surface area contributed by atoms with Crippen LogP contribution in [0.25, 0.3) is 0 Å². The molecule has 1 aromatic rings. The zero-order valence-electron chi connectivity index (χ0n) is 13.6. The molecule has 1 aliphatic carbocycles. The lowest BCUT2D eigenvalue weighted by Crippen LogP contribution is -2.59. The Labute approximate surface area is 129 Å². The highest BCUT2D eigenvalue weighted by Gasteiger charge is 2.35. The van der Waals surface area contributed by atoms with Gasteiger partial charge in [-0.05, 0) is 38.2 Å². The molecule has 1 aromatic carbocycles. The van der Waals surface area contributed by atoms with Crippen LogP contribution in [0.15, 0.2) is 30.3 Å². The molecule has 0 spiro atoms. The summed E-state index contributed by atoms with van der Waals surface area (Å²) in [6, 6.07) is 11.7. The van der Waals surface area contributed by atoms with Crippen LogP contribution in [0.3, 0.4) is 0 Å². The predicted octanol–water partition coefficient (Wildman–Crippen LogP) is 3.78. The molecule has 3 rings (SSSR count). The standard InChI is InChI=1S/C19H30N2/c1-16(17-9-5-3-6-10-17)21-14-13-20-19(2,15-21)18-11-7-4-8-12-18/h4,7-8,11-12,16-17,20H,3,5-6,9-10,13-15H2,1-2H3. The van der Waals surface area contributed by atoms with E-state index in [1.165, 1.54) is 44.2 Å². The van der Waals surface area contributed by atoms with E-state index in [1.54, 1.807) is 0 Å². The molecule has 0 aromatic heterocycles. The Bertz CT molecular complexity index is 438. The second-order valence-electron chi connectivity index (χ2n) is 7.23. The predicted molar refractivity (Wildman–Crippen MR) is 89.4 cm³/mol. The molecule has 1 saturated carbocycles. The van der Waals surface area contributed by atoms with Crippen molar-refractivity contribution in [1.82, 2.24) is 10.2 Å². The Morgan fingerprint density at radius 2 is 1.86 bits per heavy atom. The fourth-order valence-electron chi connectivity index (χ4n) is 4.28. The smallest absolute Gasteiger partial charge is 0.0535 e. The van der Waals surface area contributed by atoms with E-state index >= 15 is 0 Å². The summed E-state index contributed by atoms with van der Waals surface area (Å²) in [5, 5.41) is 3.76. The van der Waals surface area contributed by atoms with E-state index in [4.69, 9.17) is 0 Å². The zero-order chi connectivity index (χ0) is 14.7. The van der Waals surface area contributed by atoms with E-state index in [-0.39, 0.29) is 5.54 Å². The summed E-state index contributed by atoms with van der Waals surface area (Å²) in [4.78, 5) is 2.74. The lowest BCUT2D eigenvalue weighted by atomic mass is 9.82. The molecule has 1 heterocycles. The maximum absolute atomic E-state index is 3.76. The average Bonchev–Trinajstić information content (AvgIpc) is 2.56. The van der Waals surface area contributed by atoms with Crippen molar-refractivity contribution >= 4 is 0 Å². The maximum Gasteiger partial charge on any atom is 0.0535 e. The van der Waals surface area contributed by atoms with Gasteiger partial charge in [-0.2, -0.15) is 0 Å². The van der Waals surface area contributed by atoms with E-state index < -0.39 is 0 Å². The van der Waals surface area contributed by atoms with Crippen LogP contribution >= 0.6 is 0 Å². The minimum atomic E-state index is 0.0996. The van der Waals surface area contributed by atoms with Crippen molar-refractivity contribution in [3.8, 4) is 0 Å². The van der Waals surface area contributed by atoms with Crippen LogP contribution in [-0.2, 0) is 5.54 Å². The van der Waals surface area contributed by atoms with Crippen LogP contribution in [0.1, 0.15) is 51.5 Å². The molecule has 2 unspecified atom stereocenters. The topological polar surface area (TPSA) is 15.3 Å². The Kier molecular flexibility index (Phi) is 4.66. The summed E-state index contributed by atoms with van der Waals surface area (Å²) >= 11 is 0. The molecular weight excluding hydrogens is 256 g/mol. The van der Waals surface area contributed by atoms with E-state index in [0.717, 1.165) is 25.0 Å². The van der Waals surface area contributed by atoms with Crippen molar-refractivity contribution in [3.05, 3.63) is 35.9 Å². The number of rotatable bonds is 3.